The quantitative estimate of drug-likeness (QED) is 0.491. The van der Waals surface area contributed by atoms with Gasteiger partial charge in [-0.05, 0) is 31.5 Å². The standard InChI is InChI=1S/C20H22N4O4/c1-3-5-12-28-20(26)23-18-15(19(25)27-4-2)13-21-24(18)17-11-10-14-8-6-7-9-16(14)22-17/h6-11,13H,3-5,12H2,1-2H3,(H,23,26). The molecule has 1 amide bonds. The van der Waals surface area contributed by atoms with Gasteiger partial charge in [-0.1, -0.05) is 31.5 Å². The maximum Gasteiger partial charge on any atom is 0.412 e. The number of para-hydroxylation sites is 1. The summed E-state index contributed by atoms with van der Waals surface area (Å²) in [7, 11) is 0. The van der Waals surface area contributed by atoms with Gasteiger partial charge in [-0.25, -0.2) is 14.6 Å². The fourth-order valence-electron chi connectivity index (χ4n) is 2.62. The van der Waals surface area contributed by atoms with Crippen molar-refractivity contribution >= 4 is 28.8 Å². The highest BCUT2D eigenvalue weighted by molar-refractivity contribution is 5.99. The van der Waals surface area contributed by atoms with Crippen LogP contribution < -0.4 is 5.32 Å². The number of unbranched alkanes of at least 4 members (excludes halogenated alkanes) is 1. The Balaban J connectivity index is 1.97. The zero-order valence-corrected chi connectivity index (χ0v) is 15.8. The van der Waals surface area contributed by atoms with Gasteiger partial charge >= 0.3 is 12.1 Å². The van der Waals surface area contributed by atoms with Gasteiger partial charge in [0.2, 0.25) is 0 Å². The second-order valence-electron chi connectivity index (χ2n) is 6.02. The number of benzene rings is 1. The van der Waals surface area contributed by atoms with Crippen LogP contribution in [0.5, 0.6) is 0 Å². The van der Waals surface area contributed by atoms with Crippen molar-refractivity contribution in [2.24, 2.45) is 0 Å². The monoisotopic (exact) mass is 382 g/mol. The molecule has 0 atom stereocenters. The molecule has 3 rings (SSSR count). The van der Waals surface area contributed by atoms with Crippen LogP contribution >= 0.6 is 0 Å². The van der Waals surface area contributed by atoms with Crippen molar-refractivity contribution in [2.75, 3.05) is 18.5 Å². The van der Waals surface area contributed by atoms with Crippen molar-refractivity contribution in [3.63, 3.8) is 0 Å². The van der Waals surface area contributed by atoms with Gasteiger partial charge in [-0.3, -0.25) is 5.32 Å². The Bertz CT molecular complexity index is 983. The first kappa shape index (κ1) is 19.3. The number of fused-ring (bicyclic) bond motifs is 1. The van der Waals surface area contributed by atoms with Crippen LogP contribution in [0.1, 0.15) is 37.0 Å². The first-order valence-corrected chi connectivity index (χ1v) is 9.19. The zero-order chi connectivity index (χ0) is 19.9. The number of pyridine rings is 1. The van der Waals surface area contributed by atoms with E-state index in [1.54, 1.807) is 13.0 Å². The molecule has 3 aromatic rings. The van der Waals surface area contributed by atoms with Crippen molar-refractivity contribution in [1.82, 2.24) is 14.8 Å². The van der Waals surface area contributed by atoms with Gasteiger partial charge in [0.15, 0.2) is 11.6 Å². The SMILES string of the molecule is CCCCOC(=O)Nc1c(C(=O)OCC)cnn1-c1ccc2ccccc2n1. The number of aromatic nitrogens is 3. The predicted octanol–water partition coefficient (Wildman–Crippen LogP) is 3.95. The van der Waals surface area contributed by atoms with Crippen molar-refractivity contribution in [2.45, 2.75) is 26.7 Å². The lowest BCUT2D eigenvalue weighted by atomic mass is 10.2. The summed E-state index contributed by atoms with van der Waals surface area (Å²) < 4.78 is 11.6. The largest absolute Gasteiger partial charge is 0.462 e. The van der Waals surface area contributed by atoms with E-state index in [9.17, 15) is 9.59 Å². The number of rotatable bonds is 7. The van der Waals surface area contributed by atoms with E-state index in [2.05, 4.69) is 15.4 Å². The van der Waals surface area contributed by atoms with Gasteiger partial charge in [0.1, 0.15) is 5.56 Å². The molecule has 8 heteroatoms. The number of nitrogens with zero attached hydrogens (tertiary/aromatic N) is 3. The highest BCUT2D eigenvalue weighted by atomic mass is 16.5. The molecule has 0 aliphatic heterocycles. The Morgan fingerprint density at radius 3 is 2.71 bits per heavy atom. The molecule has 0 unspecified atom stereocenters. The molecule has 28 heavy (non-hydrogen) atoms. The third kappa shape index (κ3) is 4.28. The summed E-state index contributed by atoms with van der Waals surface area (Å²) in [5, 5.41) is 7.80. The summed E-state index contributed by atoms with van der Waals surface area (Å²) in [6.07, 6.45) is 2.34. The maximum atomic E-state index is 12.3. The molecule has 0 radical (unpaired) electrons. The molecular formula is C20H22N4O4. The third-order valence-corrected chi connectivity index (χ3v) is 4.02. The van der Waals surface area contributed by atoms with Crippen molar-refractivity contribution in [3.05, 3.63) is 48.2 Å². The number of anilines is 1. The molecule has 1 N–H and O–H groups in total. The third-order valence-electron chi connectivity index (χ3n) is 4.02. The molecule has 0 bridgehead atoms. The second-order valence-corrected chi connectivity index (χ2v) is 6.02. The van der Waals surface area contributed by atoms with Crippen LogP contribution in [0.2, 0.25) is 0 Å². The summed E-state index contributed by atoms with van der Waals surface area (Å²) in [4.78, 5) is 29.0. The van der Waals surface area contributed by atoms with Crippen LogP contribution in [0.15, 0.2) is 42.6 Å². The van der Waals surface area contributed by atoms with Crippen LogP contribution in [0.25, 0.3) is 16.7 Å². The number of carbonyl (C=O) groups excluding carboxylic acids is 2. The van der Waals surface area contributed by atoms with Gasteiger partial charge < -0.3 is 9.47 Å². The normalized spacial score (nSPS) is 10.6. The molecule has 146 valence electrons. The molecule has 0 aliphatic carbocycles. The Morgan fingerprint density at radius 2 is 1.93 bits per heavy atom. The number of nitrogens with one attached hydrogen (secondary N) is 1. The fourth-order valence-corrected chi connectivity index (χ4v) is 2.62. The molecule has 1 aromatic carbocycles. The van der Waals surface area contributed by atoms with Gasteiger partial charge in [0.25, 0.3) is 0 Å². The fraction of sp³-hybridized carbons (Fsp3) is 0.300. The lowest BCUT2D eigenvalue weighted by Gasteiger charge is -2.11. The average molecular weight is 382 g/mol. The summed E-state index contributed by atoms with van der Waals surface area (Å²) in [6, 6.07) is 11.3. The minimum absolute atomic E-state index is 0.129. The van der Waals surface area contributed by atoms with E-state index in [1.807, 2.05) is 37.3 Å². The van der Waals surface area contributed by atoms with Crippen LogP contribution in [-0.2, 0) is 9.47 Å². The second kappa shape index (κ2) is 8.98. The molecule has 2 aromatic heterocycles. The Kier molecular flexibility index (Phi) is 6.21. The average Bonchev–Trinajstić information content (AvgIpc) is 3.11. The molecule has 0 saturated heterocycles. The number of ether oxygens (including phenoxy) is 2. The van der Waals surface area contributed by atoms with Gasteiger partial charge in [0.05, 0.1) is 24.9 Å². The molecule has 2 heterocycles. The lowest BCUT2D eigenvalue weighted by Crippen LogP contribution is -2.19. The first-order chi connectivity index (χ1) is 13.6. The highest BCUT2D eigenvalue weighted by Gasteiger charge is 2.22. The van der Waals surface area contributed by atoms with Crippen molar-refractivity contribution < 1.29 is 19.1 Å². The number of hydrogen-bond acceptors (Lipinski definition) is 6. The molecule has 8 nitrogen and oxygen atoms in total. The van der Waals surface area contributed by atoms with Crippen LogP contribution in [0, 0.1) is 0 Å². The summed E-state index contributed by atoms with van der Waals surface area (Å²) in [6.45, 7) is 4.21. The molecule has 0 fully saturated rings. The van der Waals surface area contributed by atoms with Gasteiger partial charge in [0, 0.05) is 5.39 Å². The summed E-state index contributed by atoms with van der Waals surface area (Å²) in [5.41, 5.74) is 0.897. The smallest absolute Gasteiger partial charge is 0.412 e. The number of esters is 1. The molecule has 0 aliphatic rings. The zero-order valence-electron chi connectivity index (χ0n) is 15.8. The molecular weight excluding hydrogens is 360 g/mol. The van der Waals surface area contributed by atoms with E-state index in [0.29, 0.717) is 12.4 Å². The molecule has 0 spiro atoms. The van der Waals surface area contributed by atoms with E-state index in [1.165, 1.54) is 10.9 Å². The van der Waals surface area contributed by atoms with E-state index >= 15 is 0 Å². The van der Waals surface area contributed by atoms with Crippen molar-refractivity contribution in [1.29, 1.82) is 0 Å². The van der Waals surface area contributed by atoms with E-state index in [0.717, 1.165) is 23.7 Å². The minimum Gasteiger partial charge on any atom is -0.462 e. The van der Waals surface area contributed by atoms with Gasteiger partial charge in [-0.15, -0.1) is 0 Å². The van der Waals surface area contributed by atoms with E-state index < -0.39 is 12.1 Å². The van der Waals surface area contributed by atoms with Crippen molar-refractivity contribution in [3.8, 4) is 5.82 Å². The van der Waals surface area contributed by atoms with Gasteiger partial charge in [-0.2, -0.15) is 9.78 Å². The first-order valence-electron chi connectivity index (χ1n) is 9.19. The Hall–Kier alpha value is -3.42. The number of amides is 1. The van der Waals surface area contributed by atoms with Crippen LogP contribution in [0.4, 0.5) is 10.6 Å². The highest BCUT2D eigenvalue weighted by Crippen LogP contribution is 2.22. The van der Waals surface area contributed by atoms with Crippen LogP contribution in [-0.4, -0.2) is 40.0 Å². The minimum atomic E-state index is -0.665. The Morgan fingerprint density at radius 1 is 1.11 bits per heavy atom. The van der Waals surface area contributed by atoms with E-state index in [4.69, 9.17) is 9.47 Å². The summed E-state index contributed by atoms with van der Waals surface area (Å²) >= 11 is 0. The maximum absolute atomic E-state index is 12.3. The van der Waals surface area contributed by atoms with Crippen LogP contribution in [0.3, 0.4) is 0 Å². The summed E-state index contributed by atoms with van der Waals surface area (Å²) in [5.74, 6) is 0.0271. The molecule has 0 saturated carbocycles. The van der Waals surface area contributed by atoms with E-state index in [-0.39, 0.29) is 18.0 Å². The topological polar surface area (TPSA) is 95.3 Å². The number of carbonyl (C=O) groups is 2. The number of hydrogen-bond donors (Lipinski definition) is 1. The Labute approximate surface area is 162 Å². The predicted molar refractivity (Wildman–Crippen MR) is 105 cm³/mol. The lowest BCUT2D eigenvalue weighted by molar-refractivity contribution is 0.0527.